The number of para-hydroxylation sites is 1. The van der Waals surface area contributed by atoms with Gasteiger partial charge in [0, 0.05) is 22.2 Å². The molecule has 0 amide bonds. The fourth-order valence-corrected chi connectivity index (χ4v) is 5.18. The molecule has 5 heteroatoms. The molecule has 2 aliphatic rings. The summed E-state index contributed by atoms with van der Waals surface area (Å²) < 4.78 is 0. The van der Waals surface area contributed by atoms with Crippen LogP contribution in [-0.4, -0.2) is 16.0 Å². The molecular weight excluding hydrogens is 335 g/mol. The normalized spacial score (nSPS) is 23.0. The topological polar surface area (TPSA) is 15.6 Å². The van der Waals surface area contributed by atoms with Crippen molar-refractivity contribution in [1.29, 1.82) is 0 Å². The summed E-state index contributed by atoms with van der Waals surface area (Å²) in [5.74, 6) is 1.12. The molecule has 2 aromatic rings. The highest BCUT2D eigenvalue weighted by Gasteiger charge is 2.40. The molecule has 2 aromatic carbocycles. The van der Waals surface area contributed by atoms with Crippen LogP contribution in [0.1, 0.15) is 23.4 Å². The van der Waals surface area contributed by atoms with Crippen LogP contribution >= 0.6 is 35.0 Å². The van der Waals surface area contributed by atoms with E-state index >= 15 is 0 Å². The number of amidine groups is 1. The minimum absolute atomic E-state index is 0.114. The van der Waals surface area contributed by atoms with Gasteiger partial charge in [0.25, 0.3) is 0 Å². The van der Waals surface area contributed by atoms with E-state index in [-0.39, 0.29) is 5.37 Å². The van der Waals surface area contributed by atoms with Gasteiger partial charge in [-0.1, -0.05) is 47.5 Å². The summed E-state index contributed by atoms with van der Waals surface area (Å²) in [4.78, 5) is 7.18. The first-order chi connectivity index (χ1) is 10.6. The molecule has 4 rings (SSSR count). The molecule has 1 fully saturated rings. The smallest absolute Gasteiger partial charge is 0.119 e. The zero-order valence-corrected chi connectivity index (χ0v) is 14.3. The third-order valence-corrected chi connectivity index (χ3v) is 6.11. The molecule has 0 N–H and O–H groups in total. The molecule has 0 radical (unpaired) electrons. The van der Waals surface area contributed by atoms with E-state index in [2.05, 4.69) is 30.0 Å². The van der Waals surface area contributed by atoms with E-state index in [0.717, 1.165) is 33.7 Å². The monoisotopic (exact) mass is 348 g/mol. The van der Waals surface area contributed by atoms with Crippen molar-refractivity contribution in [3.63, 3.8) is 0 Å². The molecule has 2 nitrogen and oxygen atoms in total. The summed E-state index contributed by atoms with van der Waals surface area (Å²) in [6, 6.07) is 14.0. The quantitative estimate of drug-likeness (QED) is 0.659. The molecular formula is C17H14Cl2N2S. The summed E-state index contributed by atoms with van der Waals surface area (Å²) >= 11 is 14.7. The molecule has 112 valence electrons. The number of hydrogen-bond acceptors (Lipinski definition) is 3. The zero-order valence-electron chi connectivity index (χ0n) is 12.0. The van der Waals surface area contributed by atoms with Gasteiger partial charge >= 0.3 is 0 Å². The van der Waals surface area contributed by atoms with Crippen LogP contribution in [0.2, 0.25) is 10.0 Å². The Bertz CT molecular complexity index is 755. The molecule has 0 unspecified atom stereocenters. The van der Waals surface area contributed by atoms with Crippen molar-refractivity contribution < 1.29 is 0 Å². The highest BCUT2D eigenvalue weighted by atomic mass is 35.5. The number of benzene rings is 2. The van der Waals surface area contributed by atoms with Crippen LogP contribution in [0.3, 0.4) is 0 Å². The molecule has 2 atom stereocenters. The lowest BCUT2D eigenvalue weighted by molar-refractivity contribution is 0.398. The Labute approximate surface area is 144 Å². The van der Waals surface area contributed by atoms with Gasteiger partial charge in [0.05, 0.1) is 10.9 Å². The molecule has 0 saturated carbocycles. The number of aliphatic imine (C=N–C) groups is 1. The van der Waals surface area contributed by atoms with Crippen LogP contribution in [0.25, 0.3) is 0 Å². The lowest BCUT2D eigenvalue weighted by Crippen LogP contribution is -2.32. The summed E-state index contributed by atoms with van der Waals surface area (Å²) in [5, 5.41) is 1.88. The second-order valence-corrected chi connectivity index (χ2v) is 7.73. The summed E-state index contributed by atoms with van der Waals surface area (Å²) in [7, 11) is 0. The van der Waals surface area contributed by atoms with Gasteiger partial charge in [-0.2, -0.15) is 0 Å². The van der Waals surface area contributed by atoms with E-state index in [4.69, 9.17) is 28.2 Å². The van der Waals surface area contributed by atoms with Gasteiger partial charge in [-0.3, -0.25) is 0 Å². The third kappa shape index (κ3) is 2.23. The van der Waals surface area contributed by atoms with Crippen molar-refractivity contribution in [2.45, 2.75) is 24.1 Å². The molecule has 0 aromatic heterocycles. The van der Waals surface area contributed by atoms with Gasteiger partial charge in [-0.25, -0.2) is 4.99 Å². The Kier molecular flexibility index (Phi) is 3.60. The Morgan fingerprint density at radius 3 is 2.59 bits per heavy atom. The lowest BCUT2D eigenvalue weighted by Gasteiger charge is -2.31. The number of nitrogens with zero attached hydrogens (tertiary/aromatic N) is 2. The van der Waals surface area contributed by atoms with Crippen molar-refractivity contribution in [2.24, 2.45) is 4.99 Å². The van der Waals surface area contributed by atoms with Crippen molar-refractivity contribution in [3.05, 3.63) is 63.6 Å². The van der Waals surface area contributed by atoms with Gasteiger partial charge in [-0.05, 0) is 30.7 Å². The maximum absolute atomic E-state index is 6.42. The summed E-state index contributed by atoms with van der Waals surface area (Å²) in [6.07, 6.45) is 0. The fraction of sp³-hybridized carbons (Fsp3) is 0.235. The summed E-state index contributed by atoms with van der Waals surface area (Å²) in [6.45, 7) is 3.04. The first-order valence-electron chi connectivity index (χ1n) is 7.17. The first-order valence-corrected chi connectivity index (χ1v) is 8.87. The van der Waals surface area contributed by atoms with E-state index in [1.807, 2.05) is 36.0 Å². The fourth-order valence-electron chi connectivity index (χ4n) is 3.03. The number of halogens is 2. The van der Waals surface area contributed by atoms with E-state index < -0.39 is 0 Å². The van der Waals surface area contributed by atoms with Gasteiger partial charge in [0.1, 0.15) is 11.2 Å². The van der Waals surface area contributed by atoms with Gasteiger partial charge in [-0.15, -0.1) is 11.8 Å². The molecule has 1 saturated heterocycles. The minimum atomic E-state index is 0.114. The Morgan fingerprint density at radius 2 is 1.82 bits per heavy atom. The van der Waals surface area contributed by atoms with Crippen LogP contribution in [0, 0.1) is 0 Å². The van der Waals surface area contributed by atoms with Crippen LogP contribution in [-0.2, 0) is 6.54 Å². The molecule has 0 spiro atoms. The third-order valence-electron chi connectivity index (χ3n) is 4.09. The van der Waals surface area contributed by atoms with Crippen LogP contribution in [0.15, 0.2) is 47.5 Å². The summed E-state index contributed by atoms with van der Waals surface area (Å²) in [5.41, 5.74) is 3.31. The average molecular weight is 349 g/mol. The standard InChI is InChI=1S/C17H14Cl2N2S/c1-10-16-20-14-8-3-2-5-11(14)9-21(16)17(22-10)15-12(18)6-4-7-13(15)19/h2-8,10,17H,9H2,1H3/t10-,17-/m1/s1. The Morgan fingerprint density at radius 1 is 1.09 bits per heavy atom. The number of fused-ring (bicyclic) bond motifs is 2. The van der Waals surface area contributed by atoms with Crippen molar-refractivity contribution in [2.75, 3.05) is 0 Å². The van der Waals surface area contributed by atoms with Crippen LogP contribution in [0.4, 0.5) is 5.69 Å². The average Bonchev–Trinajstić information content (AvgIpc) is 2.82. The number of rotatable bonds is 1. The molecule has 0 aliphatic carbocycles. The maximum Gasteiger partial charge on any atom is 0.119 e. The van der Waals surface area contributed by atoms with Crippen molar-refractivity contribution in [1.82, 2.24) is 4.90 Å². The Balaban J connectivity index is 1.80. The Hall–Kier alpha value is -1.16. The van der Waals surface area contributed by atoms with Crippen LogP contribution < -0.4 is 0 Å². The van der Waals surface area contributed by atoms with Gasteiger partial charge < -0.3 is 4.90 Å². The van der Waals surface area contributed by atoms with Crippen molar-refractivity contribution in [3.8, 4) is 0 Å². The SMILES string of the molecule is C[C@H]1S[C@H](c2c(Cl)cccc2Cl)N2Cc3ccccc3N=C12. The molecule has 2 heterocycles. The molecule has 0 bridgehead atoms. The van der Waals surface area contributed by atoms with Crippen LogP contribution in [0.5, 0.6) is 0 Å². The number of thioether (sulfide) groups is 1. The minimum Gasteiger partial charge on any atom is -0.338 e. The van der Waals surface area contributed by atoms with E-state index in [0.29, 0.717) is 5.25 Å². The van der Waals surface area contributed by atoms with E-state index in [1.54, 1.807) is 0 Å². The van der Waals surface area contributed by atoms with Gasteiger partial charge in [0.15, 0.2) is 0 Å². The predicted octanol–water partition coefficient (Wildman–Crippen LogP) is 5.67. The second-order valence-electron chi connectivity index (χ2n) is 5.49. The van der Waals surface area contributed by atoms with E-state index in [1.165, 1.54) is 5.56 Å². The molecule has 2 aliphatic heterocycles. The predicted molar refractivity (Wildman–Crippen MR) is 95.3 cm³/mol. The first kappa shape index (κ1) is 14.4. The van der Waals surface area contributed by atoms with Crippen molar-refractivity contribution >= 4 is 46.5 Å². The maximum atomic E-state index is 6.42. The van der Waals surface area contributed by atoms with Gasteiger partial charge in [0.2, 0.25) is 0 Å². The zero-order chi connectivity index (χ0) is 15.3. The largest absolute Gasteiger partial charge is 0.338 e. The van der Waals surface area contributed by atoms with E-state index in [9.17, 15) is 0 Å². The molecule has 22 heavy (non-hydrogen) atoms. The highest BCUT2D eigenvalue weighted by molar-refractivity contribution is 8.01. The number of hydrogen-bond donors (Lipinski definition) is 0. The highest BCUT2D eigenvalue weighted by Crippen LogP contribution is 2.50. The lowest BCUT2D eigenvalue weighted by atomic mass is 10.1. The second kappa shape index (κ2) is 5.48.